The van der Waals surface area contributed by atoms with Crippen molar-refractivity contribution < 1.29 is 4.74 Å². The van der Waals surface area contributed by atoms with Gasteiger partial charge in [0.2, 0.25) is 0 Å². The maximum Gasteiger partial charge on any atom is 0.128 e. The number of nitrogens with zero attached hydrogens (tertiary/aromatic N) is 6. The van der Waals surface area contributed by atoms with E-state index >= 15 is 0 Å². The van der Waals surface area contributed by atoms with Gasteiger partial charge in [0.25, 0.3) is 0 Å². The Hall–Kier alpha value is -4.46. The first kappa shape index (κ1) is 28.0. The number of rotatable bonds is 8. The van der Waals surface area contributed by atoms with Crippen molar-refractivity contribution in [1.82, 2.24) is 29.4 Å². The van der Waals surface area contributed by atoms with Crippen molar-refractivity contribution in [3.63, 3.8) is 0 Å². The van der Waals surface area contributed by atoms with Crippen molar-refractivity contribution in [2.45, 2.75) is 50.9 Å². The van der Waals surface area contributed by atoms with E-state index in [1.807, 2.05) is 12.4 Å². The summed E-state index contributed by atoms with van der Waals surface area (Å²) in [6.45, 7) is 6.41. The van der Waals surface area contributed by atoms with Gasteiger partial charge in [-0.25, -0.2) is 0 Å². The summed E-state index contributed by atoms with van der Waals surface area (Å²) in [7, 11) is 0. The van der Waals surface area contributed by atoms with Crippen LogP contribution in [0.4, 0.5) is 0 Å². The van der Waals surface area contributed by atoms with Crippen LogP contribution in [0.1, 0.15) is 48.9 Å². The third-order valence-electron chi connectivity index (χ3n) is 9.67. The van der Waals surface area contributed by atoms with E-state index in [1.165, 1.54) is 22.2 Å². The second kappa shape index (κ2) is 12.5. The second-order valence-corrected chi connectivity index (χ2v) is 12.7. The maximum atomic E-state index is 6.36. The molecule has 228 valence electrons. The van der Waals surface area contributed by atoms with Crippen LogP contribution in [0, 0.1) is 0 Å². The summed E-state index contributed by atoms with van der Waals surface area (Å²) in [6.07, 6.45) is 8.42. The minimum atomic E-state index is 0.427. The molecule has 2 aliphatic heterocycles. The van der Waals surface area contributed by atoms with Crippen molar-refractivity contribution in [3.05, 3.63) is 121 Å². The molecule has 4 aromatic carbocycles. The van der Waals surface area contributed by atoms with E-state index in [-0.39, 0.29) is 0 Å². The van der Waals surface area contributed by atoms with Gasteiger partial charge in [-0.15, -0.1) is 0 Å². The van der Waals surface area contributed by atoms with E-state index in [0.29, 0.717) is 12.1 Å². The number of ether oxygens (including phenoxy) is 1. The molecule has 2 fully saturated rings. The van der Waals surface area contributed by atoms with Crippen LogP contribution < -0.4 is 4.74 Å². The predicted octanol–water partition coefficient (Wildman–Crippen LogP) is 7.85. The largest absolute Gasteiger partial charge is 0.457 e. The van der Waals surface area contributed by atoms with E-state index in [4.69, 9.17) is 14.9 Å². The number of hydrogen-bond donors (Lipinski definition) is 0. The lowest BCUT2D eigenvalue weighted by atomic mass is 10.0. The fraction of sp³-hybridized carbons (Fsp3) is 0.316. The lowest BCUT2D eigenvalue weighted by Gasteiger charge is -2.32. The molecule has 0 saturated carbocycles. The van der Waals surface area contributed by atoms with Gasteiger partial charge in [0.05, 0.1) is 35.5 Å². The van der Waals surface area contributed by atoms with Gasteiger partial charge in [-0.1, -0.05) is 60.7 Å². The molecular formula is C38H40N6O. The van der Waals surface area contributed by atoms with Crippen LogP contribution in [0.5, 0.6) is 11.5 Å². The fourth-order valence-corrected chi connectivity index (χ4v) is 7.23. The molecule has 0 aliphatic carbocycles. The molecule has 0 atom stereocenters. The van der Waals surface area contributed by atoms with Crippen LogP contribution >= 0.6 is 0 Å². The van der Waals surface area contributed by atoms with Crippen molar-refractivity contribution in [1.29, 1.82) is 0 Å². The average molecular weight is 597 g/mol. The quantitative estimate of drug-likeness (QED) is 0.179. The van der Waals surface area contributed by atoms with Crippen molar-refractivity contribution in [2.75, 3.05) is 26.2 Å². The standard InChI is InChI=1S/C38H40N6O/c1-3-7-29(8-4-1)27-41-19-15-33(16-20-41)43-37-13-11-35(23-31(37)25-39-43)45-36-12-14-38-32(24-36)26-40-44(38)34-17-21-42(22-18-34)28-30-9-5-2-6-10-30/h1-14,23-26,33-34H,15-22,27-28H2. The third-order valence-corrected chi connectivity index (χ3v) is 9.67. The molecule has 0 N–H and O–H groups in total. The molecule has 2 aliphatic rings. The van der Waals surface area contributed by atoms with Crippen LogP contribution in [0.3, 0.4) is 0 Å². The zero-order valence-corrected chi connectivity index (χ0v) is 25.7. The molecule has 8 rings (SSSR count). The second-order valence-electron chi connectivity index (χ2n) is 12.7. The first-order valence-corrected chi connectivity index (χ1v) is 16.4. The highest BCUT2D eigenvalue weighted by molar-refractivity contribution is 5.82. The first-order chi connectivity index (χ1) is 22.2. The Labute approximate surface area is 264 Å². The van der Waals surface area contributed by atoms with Crippen LogP contribution in [-0.2, 0) is 13.1 Å². The van der Waals surface area contributed by atoms with E-state index in [0.717, 1.165) is 87.2 Å². The zero-order chi connectivity index (χ0) is 30.0. The van der Waals surface area contributed by atoms with Gasteiger partial charge >= 0.3 is 0 Å². The van der Waals surface area contributed by atoms with E-state index in [1.54, 1.807) is 0 Å². The number of likely N-dealkylation sites (tertiary alicyclic amines) is 2. The fourth-order valence-electron chi connectivity index (χ4n) is 7.23. The van der Waals surface area contributed by atoms with Gasteiger partial charge in [-0.3, -0.25) is 19.2 Å². The summed E-state index contributed by atoms with van der Waals surface area (Å²) in [5, 5.41) is 11.9. The predicted molar refractivity (Wildman–Crippen MR) is 180 cm³/mol. The summed E-state index contributed by atoms with van der Waals surface area (Å²) in [6, 6.07) is 35.1. The Bertz CT molecular complexity index is 1730. The lowest BCUT2D eigenvalue weighted by Crippen LogP contribution is -2.34. The smallest absolute Gasteiger partial charge is 0.128 e. The highest BCUT2D eigenvalue weighted by Gasteiger charge is 2.24. The number of hydrogen-bond acceptors (Lipinski definition) is 5. The monoisotopic (exact) mass is 596 g/mol. The Balaban J connectivity index is 0.895. The maximum absolute atomic E-state index is 6.36. The molecule has 0 spiro atoms. The van der Waals surface area contributed by atoms with Gasteiger partial charge in [-0.2, -0.15) is 10.2 Å². The van der Waals surface area contributed by atoms with E-state index < -0.39 is 0 Å². The summed E-state index contributed by atoms with van der Waals surface area (Å²) in [4.78, 5) is 5.11. The van der Waals surface area contributed by atoms with E-state index in [2.05, 4.69) is 116 Å². The average Bonchev–Trinajstić information content (AvgIpc) is 3.71. The molecule has 0 bridgehead atoms. The Morgan fingerprint density at radius 1 is 0.533 bits per heavy atom. The SMILES string of the molecule is c1ccc(CN2CCC(n3ncc4cc(Oc5ccc6c(cnn6C6CCN(Cc7ccccc7)CC6)c5)ccc43)CC2)cc1. The molecule has 45 heavy (non-hydrogen) atoms. The molecule has 2 saturated heterocycles. The number of fused-ring (bicyclic) bond motifs is 2. The van der Waals surface area contributed by atoms with Crippen LogP contribution in [0.15, 0.2) is 109 Å². The molecule has 2 aromatic heterocycles. The van der Waals surface area contributed by atoms with Gasteiger partial charge in [0.15, 0.2) is 0 Å². The molecule has 4 heterocycles. The van der Waals surface area contributed by atoms with Crippen LogP contribution in [-0.4, -0.2) is 55.5 Å². The van der Waals surface area contributed by atoms with Crippen molar-refractivity contribution in [2.24, 2.45) is 0 Å². The Morgan fingerprint density at radius 2 is 0.956 bits per heavy atom. The summed E-state index contributed by atoms with van der Waals surface area (Å²) >= 11 is 0. The number of aromatic nitrogens is 4. The molecule has 0 unspecified atom stereocenters. The molecule has 7 nitrogen and oxygen atoms in total. The van der Waals surface area contributed by atoms with Crippen LogP contribution in [0.25, 0.3) is 21.8 Å². The Kier molecular flexibility index (Phi) is 7.79. The topological polar surface area (TPSA) is 51.4 Å². The summed E-state index contributed by atoms with van der Waals surface area (Å²) in [5.41, 5.74) is 5.12. The number of piperidine rings is 2. The van der Waals surface area contributed by atoms with Crippen LogP contribution in [0.2, 0.25) is 0 Å². The normalized spacial score (nSPS) is 17.3. The number of benzene rings is 4. The third kappa shape index (κ3) is 6.10. The van der Waals surface area contributed by atoms with E-state index in [9.17, 15) is 0 Å². The summed E-state index contributed by atoms with van der Waals surface area (Å²) < 4.78 is 10.8. The molecule has 0 amide bonds. The Morgan fingerprint density at radius 3 is 1.38 bits per heavy atom. The van der Waals surface area contributed by atoms with Crippen molar-refractivity contribution in [3.8, 4) is 11.5 Å². The summed E-state index contributed by atoms with van der Waals surface area (Å²) in [5.74, 6) is 1.66. The minimum Gasteiger partial charge on any atom is -0.457 e. The van der Waals surface area contributed by atoms with Crippen molar-refractivity contribution >= 4 is 21.8 Å². The van der Waals surface area contributed by atoms with Gasteiger partial charge in [0, 0.05) is 50.0 Å². The first-order valence-electron chi connectivity index (χ1n) is 16.4. The molecule has 0 radical (unpaired) electrons. The zero-order valence-electron chi connectivity index (χ0n) is 25.7. The molecular weight excluding hydrogens is 556 g/mol. The lowest BCUT2D eigenvalue weighted by molar-refractivity contribution is 0.175. The molecule has 6 aromatic rings. The van der Waals surface area contributed by atoms with Gasteiger partial charge in [-0.05, 0) is 73.2 Å². The molecule has 7 heteroatoms. The highest BCUT2D eigenvalue weighted by Crippen LogP contribution is 2.33. The van der Waals surface area contributed by atoms with Gasteiger partial charge in [0.1, 0.15) is 11.5 Å². The minimum absolute atomic E-state index is 0.427. The highest BCUT2D eigenvalue weighted by atomic mass is 16.5. The van der Waals surface area contributed by atoms with Gasteiger partial charge < -0.3 is 4.74 Å².